The van der Waals surface area contributed by atoms with Gasteiger partial charge in [-0.2, -0.15) is 0 Å². The molecule has 0 aliphatic heterocycles. The summed E-state index contributed by atoms with van der Waals surface area (Å²) in [6.07, 6.45) is 0. The molecule has 0 atom stereocenters. The second kappa shape index (κ2) is 11.6. The van der Waals surface area contributed by atoms with E-state index in [1.54, 1.807) is 7.11 Å². The van der Waals surface area contributed by atoms with Crippen LogP contribution in [0.2, 0.25) is 0 Å². The summed E-state index contributed by atoms with van der Waals surface area (Å²) in [5, 5.41) is 9.30. The minimum atomic E-state index is -0.0676. The van der Waals surface area contributed by atoms with E-state index in [0.29, 0.717) is 42.7 Å². The normalized spacial score (nSPS) is 11.0. The van der Waals surface area contributed by atoms with E-state index in [9.17, 15) is 4.79 Å². The molecule has 0 radical (unpaired) electrons. The maximum absolute atomic E-state index is 11.8. The summed E-state index contributed by atoms with van der Waals surface area (Å²) in [6, 6.07) is 13.1. The molecule has 0 saturated heterocycles. The fraction of sp³-hybridized carbons (Fsp3) is 0.364. The quantitative estimate of drug-likeness (QED) is 0.445. The zero-order valence-electron chi connectivity index (χ0n) is 17.5. The molecule has 0 saturated carbocycles. The van der Waals surface area contributed by atoms with Crippen LogP contribution >= 0.6 is 0 Å². The molecule has 29 heavy (non-hydrogen) atoms. The highest BCUT2D eigenvalue weighted by Crippen LogP contribution is 2.30. The highest BCUT2D eigenvalue weighted by molar-refractivity contribution is 5.94. The van der Waals surface area contributed by atoms with Gasteiger partial charge in [-0.25, -0.2) is 4.99 Å². The fourth-order valence-electron chi connectivity index (χ4n) is 2.66. The van der Waals surface area contributed by atoms with Crippen LogP contribution in [0.3, 0.4) is 0 Å². The van der Waals surface area contributed by atoms with Crippen molar-refractivity contribution in [1.29, 1.82) is 0 Å². The van der Waals surface area contributed by atoms with E-state index in [4.69, 9.17) is 9.47 Å². The zero-order chi connectivity index (χ0) is 21.1. The number of carbonyl (C=O) groups is 1. The largest absolute Gasteiger partial charge is 0.493 e. The van der Waals surface area contributed by atoms with Gasteiger partial charge in [-0.1, -0.05) is 12.1 Å². The second-order valence-electron chi connectivity index (χ2n) is 6.18. The van der Waals surface area contributed by atoms with Gasteiger partial charge < -0.3 is 25.4 Å². The first kappa shape index (κ1) is 22.1. The molecule has 0 fully saturated rings. The van der Waals surface area contributed by atoms with Gasteiger partial charge in [-0.3, -0.25) is 4.79 Å². The number of benzene rings is 2. The summed E-state index contributed by atoms with van der Waals surface area (Å²) in [4.78, 5) is 16.5. The number of aliphatic imine (C=N–C) groups is 1. The lowest BCUT2D eigenvalue weighted by atomic mass is 10.1. The fourth-order valence-corrected chi connectivity index (χ4v) is 2.66. The van der Waals surface area contributed by atoms with Crippen molar-refractivity contribution in [2.24, 2.45) is 4.99 Å². The number of hydrogen-bond donors (Lipinski definition) is 3. The lowest BCUT2D eigenvalue weighted by Crippen LogP contribution is -2.30. The van der Waals surface area contributed by atoms with E-state index >= 15 is 0 Å². The van der Waals surface area contributed by atoms with Crippen molar-refractivity contribution in [2.75, 3.05) is 32.1 Å². The molecule has 0 aliphatic carbocycles. The lowest BCUT2D eigenvalue weighted by Gasteiger charge is -2.14. The Morgan fingerprint density at radius 3 is 2.31 bits per heavy atom. The van der Waals surface area contributed by atoms with Crippen molar-refractivity contribution in [2.45, 2.75) is 27.3 Å². The Hall–Kier alpha value is -3.22. The van der Waals surface area contributed by atoms with Gasteiger partial charge >= 0.3 is 0 Å². The average molecular weight is 399 g/mol. The molecule has 0 bridgehead atoms. The van der Waals surface area contributed by atoms with E-state index in [0.717, 1.165) is 17.8 Å². The van der Waals surface area contributed by atoms with Crippen LogP contribution in [0.25, 0.3) is 0 Å². The van der Waals surface area contributed by atoms with Gasteiger partial charge in [-0.05, 0) is 50.6 Å². The molecular weight excluding hydrogens is 368 g/mol. The standard InChI is InChI=1S/C22H30N4O3/c1-5-23-21(27)17-10-8-16(9-11-17)15-25-22(24-6-2)26-18-12-13-19(29-7-3)20(14-18)28-4/h8-14H,5-7,15H2,1-4H3,(H,23,27)(H2,24,25,26). The first-order chi connectivity index (χ1) is 14.1. The van der Waals surface area contributed by atoms with Crippen molar-refractivity contribution >= 4 is 17.6 Å². The third kappa shape index (κ3) is 6.71. The van der Waals surface area contributed by atoms with Gasteiger partial charge in [0.25, 0.3) is 5.91 Å². The number of guanidine groups is 1. The van der Waals surface area contributed by atoms with Crippen molar-refractivity contribution in [3.63, 3.8) is 0 Å². The SMILES string of the molecule is CCNC(=O)c1ccc(CN=C(NCC)Nc2ccc(OCC)c(OC)c2)cc1. The molecule has 2 rings (SSSR count). The van der Waals surface area contributed by atoms with Crippen molar-refractivity contribution in [1.82, 2.24) is 10.6 Å². The van der Waals surface area contributed by atoms with Crippen molar-refractivity contribution in [3.05, 3.63) is 53.6 Å². The van der Waals surface area contributed by atoms with E-state index < -0.39 is 0 Å². The number of ether oxygens (including phenoxy) is 2. The predicted octanol–water partition coefficient (Wildman–Crippen LogP) is 3.42. The summed E-state index contributed by atoms with van der Waals surface area (Å²) in [6.45, 7) is 8.25. The molecule has 0 aliphatic rings. The van der Waals surface area contributed by atoms with Crippen molar-refractivity contribution < 1.29 is 14.3 Å². The summed E-state index contributed by atoms with van der Waals surface area (Å²) in [5.41, 5.74) is 2.50. The van der Waals surface area contributed by atoms with Gasteiger partial charge in [0.15, 0.2) is 17.5 Å². The zero-order valence-corrected chi connectivity index (χ0v) is 17.5. The van der Waals surface area contributed by atoms with Gasteiger partial charge in [0.2, 0.25) is 0 Å². The Balaban J connectivity index is 2.09. The van der Waals surface area contributed by atoms with Crippen LogP contribution in [-0.2, 0) is 6.54 Å². The summed E-state index contributed by atoms with van der Waals surface area (Å²) >= 11 is 0. The molecule has 0 unspecified atom stereocenters. The first-order valence-corrected chi connectivity index (χ1v) is 9.84. The predicted molar refractivity (Wildman–Crippen MR) is 117 cm³/mol. The Morgan fingerprint density at radius 2 is 1.69 bits per heavy atom. The van der Waals surface area contributed by atoms with Crippen LogP contribution < -0.4 is 25.4 Å². The van der Waals surface area contributed by atoms with Gasteiger partial charge in [-0.15, -0.1) is 0 Å². The molecule has 7 heteroatoms. The average Bonchev–Trinajstić information content (AvgIpc) is 2.74. The van der Waals surface area contributed by atoms with E-state index in [1.165, 1.54) is 0 Å². The highest BCUT2D eigenvalue weighted by Gasteiger charge is 2.07. The van der Waals surface area contributed by atoms with E-state index in [2.05, 4.69) is 20.9 Å². The molecule has 0 aromatic heterocycles. The topological polar surface area (TPSA) is 84.0 Å². The van der Waals surface area contributed by atoms with Crippen LogP contribution in [0.15, 0.2) is 47.5 Å². The lowest BCUT2D eigenvalue weighted by molar-refractivity contribution is 0.0956. The van der Waals surface area contributed by atoms with Gasteiger partial charge in [0, 0.05) is 30.4 Å². The van der Waals surface area contributed by atoms with E-state index in [1.807, 2.05) is 63.2 Å². The molecule has 156 valence electrons. The maximum Gasteiger partial charge on any atom is 0.251 e. The summed E-state index contributed by atoms with van der Waals surface area (Å²) in [7, 11) is 1.62. The smallest absolute Gasteiger partial charge is 0.251 e. The number of anilines is 1. The summed E-state index contributed by atoms with van der Waals surface area (Å²) in [5.74, 6) is 1.96. The third-order valence-electron chi connectivity index (χ3n) is 4.04. The van der Waals surface area contributed by atoms with E-state index in [-0.39, 0.29) is 5.91 Å². The van der Waals surface area contributed by atoms with Gasteiger partial charge in [0.05, 0.1) is 20.3 Å². The highest BCUT2D eigenvalue weighted by atomic mass is 16.5. The number of nitrogens with zero attached hydrogens (tertiary/aromatic N) is 1. The molecule has 2 aromatic carbocycles. The Kier molecular flexibility index (Phi) is 8.82. The minimum absolute atomic E-state index is 0.0676. The molecule has 1 amide bonds. The Bertz CT molecular complexity index is 819. The van der Waals surface area contributed by atoms with Crippen LogP contribution in [0.1, 0.15) is 36.7 Å². The van der Waals surface area contributed by atoms with Gasteiger partial charge in [0.1, 0.15) is 0 Å². The molecule has 7 nitrogen and oxygen atoms in total. The summed E-state index contributed by atoms with van der Waals surface area (Å²) < 4.78 is 11.0. The number of amides is 1. The second-order valence-corrected chi connectivity index (χ2v) is 6.18. The van der Waals surface area contributed by atoms with Crippen LogP contribution in [0.4, 0.5) is 5.69 Å². The van der Waals surface area contributed by atoms with Crippen LogP contribution in [0.5, 0.6) is 11.5 Å². The minimum Gasteiger partial charge on any atom is -0.493 e. The Labute approximate surface area is 172 Å². The maximum atomic E-state index is 11.8. The van der Waals surface area contributed by atoms with Crippen LogP contribution in [0, 0.1) is 0 Å². The molecule has 0 heterocycles. The van der Waals surface area contributed by atoms with Crippen LogP contribution in [-0.4, -0.2) is 38.7 Å². The van der Waals surface area contributed by atoms with Crippen molar-refractivity contribution in [3.8, 4) is 11.5 Å². The molecular formula is C22H30N4O3. The third-order valence-corrected chi connectivity index (χ3v) is 4.04. The number of methoxy groups -OCH3 is 1. The number of hydrogen-bond acceptors (Lipinski definition) is 4. The number of carbonyl (C=O) groups excluding carboxylic acids is 1. The molecule has 3 N–H and O–H groups in total. The Morgan fingerprint density at radius 1 is 0.966 bits per heavy atom. The number of nitrogens with one attached hydrogen (secondary N) is 3. The number of rotatable bonds is 9. The molecule has 0 spiro atoms. The first-order valence-electron chi connectivity index (χ1n) is 9.84. The molecule has 2 aromatic rings. The monoisotopic (exact) mass is 398 g/mol.